The number of hydrogen-bond donors (Lipinski definition) is 0. The summed E-state index contributed by atoms with van der Waals surface area (Å²) < 4.78 is 9.96. The number of rotatable bonds is 3. The smallest absolute Gasteiger partial charge is 0.119 e. The lowest BCUT2D eigenvalue weighted by molar-refractivity contribution is -0.0659. The summed E-state index contributed by atoms with van der Waals surface area (Å²) >= 11 is 0. The lowest BCUT2D eigenvalue weighted by Crippen LogP contribution is -2.48. The molecule has 4 rings (SSSR count). The zero-order valence-corrected chi connectivity index (χ0v) is 11.2. The van der Waals surface area contributed by atoms with Crippen molar-refractivity contribution < 1.29 is 4.74 Å². The van der Waals surface area contributed by atoms with Crippen LogP contribution in [0.5, 0.6) is 0 Å². The van der Waals surface area contributed by atoms with Crippen molar-refractivity contribution >= 4 is 0 Å². The van der Waals surface area contributed by atoms with Gasteiger partial charge < -0.3 is 9.30 Å². The van der Waals surface area contributed by atoms with Gasteiger partial charge in [0.2, 0.25) is 0 Å². The summed E-state index contributed by atoms with van der Waals surface area (Å²) in [4.78, 5) is 2.45. The highest BCUT2D eigenvalue weighted by Crippen LogP contribution is 2.29. The second kappa shape index (κ2) is 4.95. The van der Waals surface area contributed by atoms with Crippen molar-refractivity contribution in [3.05, 3.63) is 24.5 Å². The highest BCUT2D eigenvalue weighted by Gasteiger charge is 2.36. The van der Waals surface area contributed by atoms with E-state index in [1.165, 1.54) is 0 Å². The van der Waals surface area contributed by atoms with Crippen molar-refractivity contribution in [3.8, 4) is 0 Å². The van der Waals surface area contributed by atoms with Gasteiger partial charge in [-0.15, -0.1) is 15.3 Å². The molecule has 0 N–H and O–H groups in total. The van der Waals surface area contributed by atoms with E-state index in [0.717, 1.165) is 38.3 Å². The molecule has 0 saturated carbocycles. The highest BCUT2D eigenvalue weighted by molar-refractivity contribution is 5.01. The first-order valence-corrected chi connectivity index (χ1v) is 6.95. The second-order valence-electron chi connectivity index (χ2n) is 5.38. The molecule has 1 fully saturated rings. The normalized spacial score (nSPS) is 26.2. The van der Waals surface area contributed by atoms with Gasteiger partial charge in [0.15, 0.2) is 0 Å². The van der Waals surface area contributed by atoms with Gasteiger partial charge in [0, 0.05) is 26.2 Å². The van der Waals surface area contributed by atoms with E-state index in [4.69, 9.17) is 4.74 Å². The van der Waals surface area contributed by atoms with E-state index >= 15 is 0 Å². The fourth-order valence-electron chi connectivity index (χ4n) is 3.04. The molecule has 0 bridgehead atoms. The number of likely N-dealkylation sites (tertiary alicyclic amines) is 1. The first-order valence-electron chi connectivity index (χ1n) is 6.95. The van der Waals surface area contributed by atoms with Gasteiger partial charge in [0.1, 0.15) is 12.7 Å². The molecule has 2 atom stereocenters. The fourth-order valence-corrected chi connectivity index (χ4v) is 3.04. The predicted octanol–water partition coefficient (Wildman–Crippen LogP) is -0.285. The average molecular weight is 275 g/mol. The SMILES string of the molecule is c1nnn2c1CO[C@@H]1CCN(CCn3cnnc3)C[C@H]12. The van der Waals surface area contributed by atoms with Crippen molar-refractivity contribution in [2.45, 2.75) is 31.7 Å². The Kier molecular flexibility index (Phi) is 2.96. The van der Waals surface area contributed by atoms with E-state index in [9.17, 15) is 0 Å². The van der Waals surface area contributed by atoms with Crippen molar-refractivity contribution in [2.75, 3.05) is 19.6 Å². The molecule has 8 heteroatoms. The average Bonchev–Trinajstić information content (AvgIpc) is 3.16. The van der Waals surface area contributed by atoms with Crippen LogP contribution in [0.1, 0.15) is 18.2 Å². The Labute approximate surface area is 116 Å². The third-order valence-corrected chi connectivity index (χ3v) is 4.15. The minimum Gasteiger partial charge on any atom is -0.370 e. The Morgan fingerprint density at radius 2 is 2.10 bits per heavy atom. The first kappa shape index (κ1) is 12.0. The van der Waals surface area contributed by atoms with Crippen LogP contribution in [0.15, 0.2) is 18.9 Å². The molecule has 0 aliphatic carbocycles. The van der Waals surface area contributed by atoms with Gasteiger partial charge in [-0.1, -0.05) is 5.21 Å². The third-order valence-electron chi connectivity index (χ3n) is 4.15. The predicted molar refractivity (Wildman–Crippen MR) is 68.7 cm³/mol. The van der Waals surface area contributed by atoms with E-state index in [-0.39, 0.29) is 12.1 Å². The quantitative estimate of drug-likeness (QED) is 0.766. The summed E-state index contributed by atoms with van der Waals surface area (Å²) in [5.74, 6) is 0. The van der Waals surface area contributed by atoms with E-state index in [0.29, 0.717) is 6.61 Å². The maximum atomic E-state index is 5.91. The number of fused-ring (bicyclic) bond motifs is 3. The minimum absolute atomic E-state index is 0.273. The van der Waals surface area contributed by atoms with Crippen LogP contribution >= 0.6 is 0 Å². The fraction of sp³-hybridized carbons (Fsp3) is 0.667. The summed E-state index contributed by atoms with van der Waals surface area (Å²) in [5.41, 5.74) is 1.08. The Bertz CT molecular complexity index is 566. The molecule has 8 nitrogen and oxygen atoms in total. The zero-order chi connectivity index (χ0) is 13.4. The van der Waals surface area contributed by atoms with Crippen LogP contribution in [0.25, 0.3) is 0 Å². The molecule has 1 saturated heterocycles. The molecule has 0 spiro atoms. The zero-order valence-electron chi connectivity index (χ0n) is 11.2. The standard InChI is InChI=1S/C12H17N7O/c1-2-17(3-4-18-8-14-15-9-18)6-11-12(1)20-7-10-5-13-16-19(10)11/h5,8-9,11-12H,1-4,6-7H2/t11-,12-/m1/s1. The Hall–Kier alpha value is -1.80. The second-order valence-corrected chi connectivity index (χ2v) is 5.38. The summed E-state index contributed by atoms with van der Waals surface area (Å²) in [5, 5.41) is 15.9. The molecule has 2 aliphatic rings. The molecule has 2 aromatic rings. The third kappa shape index (κ3) is 2.10. The molecule has 0 unspecified atom stereocenters. The molecular formula is C12H17N7O. The Morgan fingerprint density at radius 1 is 1.20 bits per heavy atom. The van der Waals surface area contributed by atoms with Gasteiger partial charge in [0.25, 0.3) is 0 Å². The monoisotopic (exact) mass is 275 g/mol. The Balaban J connectivity index is 1.43. The number of hydrogen-bond acceptors (Lipinski definition) is 6. The molecule has 20 heavy (non-hydrogen) atoms. The van der Waals surface area contributed by atoms with E-state index < -0.39 is 0 Å². The molecule has 0 radical (unpaired) electrons. The molecule has 0 aromatic carbocycles. The van der Waals surface area contributed by atoms with E-state index in [2.05, 4.69) is 25.4 Å². The van der Waals surface area contributed by atoms with Crippen LogP contribution in [0, 0.1) is 0 Å². The largest absolute Gasteiger partial charge is 0.370 e. The summed E-state index contributed by atoms with van der Waals surface area (Å²) in [6, 6.07) is 0.288. The molecule has 106 valence electrons. The summed E-state index contributed by atoms with van der Waals surface area (Å²) in [6.45, 7) is 4.56. The number of nitrogens with zero attached hydrogens (tertiary/aromatic N) is 7. The lowest BCUT2D eigenvalue weighted by Gasteiger charge is -2.41. The first-order chi connectivity index (χ1) is 9.90. The van der Waals surface area contributed by atoms with Crippen molar-refractivity contribution in [1.82, 2.24) is 34.7 Å². The van der Waals surface area contributed by atoms with E-state index in [1.807, 2.05) is 9.25 Å². The topological polar surface area (TPSA) is 73.9 Å². The Morgan fingerprint density at radius 3 is 3.00 bits per heavy atom. The lowest BCUT2D eigenvalue weighted by atomic mass is 10.0. The molecular weight excluding hydrogens is 258 g/mol. The van der Waals surface area contributed by atoms with Gasteiger partial charge in [-0.05, 0) is 6.42 Å². The van der Waals surface area contributed by atoms with Gasteiger partial charge in [-0.2, -0.15) is 0 Å². The van der Waals surface area contributed by atoms with Crippen molar-refractivity contribution in [1.29, 1.82) is 0 Å². The van der Waals surface area contributed by atoms with Crippen LogP contribution in [0.3, 0.4) is 0 Å². The number of piperidine rings is 1. The minimum atomic E-state index is 0.273. The number of ether oxygens (including phenoxy) is 1. The van der Waals surface area contributed by atoms with Crippen LogP contribution in [-0.4, -0.2) is 60.4 Å². The van der Waals surface area contributed by atoms with Gasteiger partial charge in [-0.3, -0.25) is 4.90 Å². The van der Waals surface area contributed by atoms with Gasteiger partial charge >= 0.3 is 0 Å². The summed E-state index contributed by atoms with van der Waals surface area (Å²) in [7, 11) is 0. The maximum Gasteiger partial charge on any atom is 0.119 e. The van der Waals surface area contributed by atoms with Crippen LogP contribution < -0.4 is 0 Å². The maximum absolute atomic E-state index is 5.91. The molecule has 2 aromatic heterocycles. The van der Waals surface area contributed by atoms with E-state index in [1.54, 1.807) is 18.9 Å². The summed E-state index contributed by atoms with van der Waals surface area (Å²) in [6.07, 6.45) is 6.63. The molecule has 2 aliphatic heterocycles. The van der Waals surface area contributed by atoms with Crippen LogP contribution in [0.2, 0.25) is 0 Å². The van der Waals surface area contributed by atoms with Crippen LogP contribution in [-0.2, 0) is 17.9 Å². The molecule has 4 heterocycles. The number of aromatic nitrogens is 6. The van der Waals surface area contributed by atoms with Crippen molar-refractivity contribution in [3.63, 3.8) is 0 Å². The van der Waals surface area contributed by atoms with Crippen molar-refractivity contribution in [2.24, 2.45) is 0 Å². The van der Waals surface area contributed by atoms with Gasteiger partial charge in [-0.25, -0.2) is 4.68 Å². The van der Waals surface area contributed by atoms with Gasteiger partial charge in [0.05, 0.1) is 30.6 Å². The van der Waals surface area contributed by atoms with Crippen LogP contribution in [0.4, 0.5) is 0 Å². The highest BCUT2D eigenvalue weighted by atomic mass is 16.5. The molecule has 0 amide bonds.